The summed E-state index contributed by atoms with van der Waals surface area (Å²) >= 11 is 0. The molecule has 1 aromatic heterocycles. The van der Waals surface area contributed by atoms with E-state index in [9.17, 15) is 14.7 Å². The zero-order valence-corrected chi connectivity index (χ0v) is 9.47. The van der Waals surface area contributed by atoms with Gasteiger partial charge >= 0.3 is 5.69 Å². The van der Waals surface area contributed by atoms with Gasteiger partial charge in [-0.15, -0.1) is 0 Å². The van der Waals surface area contributed by atoms with Gasteiger partial charge < -0.3 is 5.11 Å². The van der Waals surface area contributed by atoms with Gasteiger partial charge in [0.1, 0.15) is 0 Å². The van der Waals surface area contributed by atoms with E-state index in [4.69, 9.17) is 5.26 Å². The third kappa shape index (κ3) is 1.78. The zero-order valence-electron chi connectivity index (χ0n) is 9.47. The van der Waals surface area contributed by atoms with Crippen LogP contribution >= 0.6 is 0 Å². The monoisotopic (exact) mass is 243 g/mol. The summed E-state index contributed by atoms with van der Waals surface area (Å²) in [7, 11) is 0. The van der Waals surface area contributed by atoms with Crippen LogP contribution in [0.25, 0.3) is 5.69 Å². The molecule has 0 atom stereocenters. The van der Waals surface area contributed by atoms with Crippen LogP contribution in [0.4, 0.5) is 0 Å². The number of nitrogens with zero attached hydrogens (tertiary/aromatic N) is 2. The number of nitrogens with one attached hydrogen (secondary N) is 1. The van der Waals surface area contributed by atoms with Crippen molar-refractivity contribution < 1.29 is 5.11 Å². The Morgan fingerprint density at radius 3 is 2.78 bits per heavy atom. The Balaban J connectivity index is 2.80. The Morgan fingerprint density at radius 2 is 2.11 bits per heavy atom. The Labute approximate surface area is 101 Å². The molecule has 0 bridgehead atoms. The molecule has 0 amide bonds. The summed E-state index contributed by atoms with van der Waals surface area (Å²) in [6, 6.07) is 8.09. The van der Waals surface area contributed by atoms with E-state index in [1.54, 1.807) is 18.2 Å². The lowest BCUT2D eigenvalue weighted by atomic mass is 10.2. The number of aromatic nitrogens is 2. The van der Waals surface area contributed by atoms with Crippen molar-refractivity contribution in [1.82, 2.24) is 9.55 Å². The standard InChI is InChI=1S/C12H9N3O3/c1-7-10(16)14-12(18)15(11(7)17)9-4-2-3-8(5-9)6-13/h2-5,17H,1H3,(H,14,16,18). The minimum atomic E-state index is -0.752. The summed E-state index contributed by atoms with van der Waals surface area (Å²) in [4.78, 5) is 25.1. The van der Waals surface area contributed by atoms with Gasteiger partial charge in [0.25, 0.3) is 5.56 Å². The maximum atomic E-state index is 11.7. The third-order valence-corrected chi connectivity index (χ3v) is 2.54. The van der Waals surface area contributed by atoms with Crippen LogP contribution in [0.5, 0.6) is 5.88 Å². The number of nitriles is 1. The van der Waals surface area contributed by atoms with E-state index in [1.807, 2.05) is 6.07 Å². The molecule has 0 saturated heterocycles. The Hall–Kier alpha value is -2.81. The molecule has 6 nitrogen and oxygen atoms in total. The van der Waals surface area contributed by atoms with Gasteiger partial charge in [0.2, 0.25) is 5.88 Å². The highest BCUT2D eigenvalue weighted by Gasteiger charge is 2.11. The second kappa shape index (κ2) is 4.22. The van der Waals surface area contributed by atoms with Gasteiger partial charge in [-0.05, 0) is 25.1 Å². The maximum absolute atomic E-state index is 11.7. The first kappa shape index (κ1) is 11.7. The smallest absolute Gasteiger partial charge is 0.335 e. The van der Waals surface area contributed by atoms with Gasteiger partial charge in [-0.1, -0.05) is 6.07 Å². The molecule has 1 aromatic carbocycles. The number of aromatic amines is 1. The van der Waals surface area contributed by atoms with Gasteiger partial charge in [0.15, 0.2) is 0 Å². The Kier molecular flexibility index (Phi) is 2.73. The van der Waals surface area contributed by atoms with Crippen LogP contribution in [0.15, 0.2) is 33.9 Å². The molecule has 0 spiro atoms. The summed E-state index contributed by atoms with van der Waals surface area (Å²) < 4.78 is 0.942. The lowest BCUT2D eigenvalue weighted by Crippen LogP contribution is -2.30. The molecule has 1 heterocycles. The van der Waals surface area contributed by atoms with E-state index >= 15 is 0 Å². The van der Waals surface area contributed by atoms with Crippen LogP contribution in [0.1, 0.15) is 11.1 Å². The van der Waals surface area contributed by atoms with Crippen molar-refractivity contribution in [1.29, 1.82) is 5.26 Å². The fourth-order valence-corrected chi connectivity index (χ4v) is 1.57. The van der Waals surface area contributed by atoms with Crippen molar-refractivity contribution in [2.75, 3.05) is 0 Å². The van der Waals surface area contributed by atoms with Crippen molar-refractivity contribution in [3.05, 3.63) is 56.2 Å². The van der Waals surface area contributed by atoms with E-state index in [0.29, 0.717) is 11.3 Å². The van der Waals surface area contributed by atoms with Crippen molar-refractivity contribution >= 4 is 0 Å². The lowest BCUT2D eigenvalue weighted by Gasteiger charge is -2.09. The molecule has 0 unspecified atom stereocenters. The maximum Gasteiger partial charge on any atom is 0.335 e. The third-order valence-electron chi connectivity index (χ3n) is 2.54. The average molecular weight is 243 g/mol. The molecule has 0 aliphatic carbocycles. The van der Waals surface area contributed by atoms with Crippen molar-refractivity contribution in [2.45, 2.75) is 6.92 Å². The van der Waals surface area contributed by atoms with Crippen LogP contribution < -0.4 is 11.2 Å². The summed E-state index contributed by atoms with van der Waals surface area (Å²) in [5.74, 6) is -0.432. The first-order valence-electron chi connectivity index (χ1n) is 5.10. The molecular weight excluding hydrogens is 234 g/mol. The number of H-pyrrole nitrogens is 1. The van der Waals surface area contributed by atoms with Gasteiger partial charge in [0, 0.05) is 0 Å². The second-order valence-electron chi connectivity index (χ2n) is 3.71. The molecule has 90 valence electrons. The summed E-state index contributed by atoms with van der Waals surface area (Å²) in [6.45, 7) is 1.40. The molecule has 2 N–H and O–H groups in total. The van der Waals surface area contributed by atoms with Crippen LogP contribution in [0.3, 0.4) is 0 Å². The first-order chi connectivity index (χ1) is 8.54. The molecule has 2 aromatic rings. The zero-order chi connectivity index (χ0) is 13.3. The first-order valence-corrected chi connectivity index (χ1v) is 5.10. The number of hydrogen-bond acceptors (Lipinski definition) is 4. The van der Waals surface area contributed by atoms with Gasteiger partial charge in [-0.3, -0.25) is 9.78 Å². The van der Waals surface area contributed by atoms with E-state index in [2.05, 4.69) is 4.98 Å². The number of aromatic hydroxyl groups is 1. The van der Waals surface area contributed by atoms with Gasteiger partial charge in [0.05, 0.1) is 22.9 Å². The normalized spacial score (nSPS) is 10.0. The molecular formula is C12H9N3O3. The van der Waals surface area contributed by atoms with E-state index in [1.165, 1.54) is 13.0 Å². The largest absolute Gasteiger partial charge is 0.494 e. The minimum absolute atomic E-state index is 0.0389. The summed E-state index contributed by atoms with van der Waals surface area (Å²) in [6.07, 6.45) is 0. The molecule has 0 radical (unpaired) electrons. The molecule has 6 heteroatoms. The highest BCUT2D eigenvalue weighted by molar-refractivity contribution is 5.43. The number of benzene rings is 1. The van der Waals surface area contributed by atoms with Crippen LogP contribution in [0.2, 0.25) is 0 Å². The minimum Gasteiger partial charge on any atom is -0.494 e. The highest BCUT2D eigenvalue weighted by atomic mass is 16.3. The predicted octanol–water partition coefficient (Wildman–Crippen LogP) is 0.411. The van der Waals surface area contributed by atoms with Crippen molar-refractivity contribution in [2.24, 2.45) is 0 Å². The number of hydrogen-bond donors (Lipinski definition) is 2. The lowest BCUT2D eigenvalue weighted by molar-refractivity contribution is 0.426. The van der Waals surface area contributed by atoms with Gasteiger partial charge in [-0.25, -0.2) is 9.36 Å². The molecule has 0 saturated carbocycles. The Bertz CT molecular complexity index is 765. The fourth-order valence-electron chi connectivity index (χ4n) is 1.57. The molecule has 0 aliphatic heterocycles. The Morgan fingerprint density at radius 1 is 1.39 bits per heavy atom. The SMILES string of the molecule is Cc1c(O)n(-c2cccc(C#N)c2)c(=O)[nH]c1=O. The van der Waals surface area contributed by atoms with Crippen molar-refractivity contribution in [3.63, 3.8) is 0 Å². The van der Waals surface area contributed by atoms with Crippen LogP contribution in [-0.4, -0.2) is 14.7 Å². The van der Waals surface area contributed by atoms with Gasteiger partial charge in [-0.2, -0.15) is 5.26 Å². The summed E-state index contributed by atoms with van der Waals surface area (Å²) in [5.41, 5.74) is -0.682. The predicted molar refractivity (Wildman–Crippen MR) is 63.8 cm³/mol. The molecule has 2 rings (SSSR count). The van der Waals surface area contributed by atoms with E-state index in [0.717, 1.165) is 4.57 Å². The second-order valence-corrected chi connectivity index (χ2v) is 3.71. The topological polar surface area (TPSA) is 98.9 Å². The average Bonchev–Trinajstić information content (AvgIpc) is 2.36. The molecule has 0 aliphatic rings. The van der Waals surface area contributed by atoms with Crippen LogP contribution in [0, 0.1) is 18.3 Å². The van der Waals surface area contributed by atoms with E-state index in [-0.39, 0.29) is 5.56 Å². The van der Waals surface area contributed by atoms with Crippen LogP contribution in [-0.2, 0) is 0 Å². The highest BCUT2D eigenvalue weighted by Crippen LogP contribution is 2.16. The molecule has 0 fully saturated rings. The molecule has 18 heavy (non-hydrogen) atoms. The fraction of sp³-hybridized carbons (Fsp3) is 0.0833. The summed E-state index contributed by atoms with van der Waals surface area (Å²) in [5, 5.41) is 18.6. The van der Waals surface area contributed by atoms with Crippen molar-refractivity contribution in [3.8, 4) is 17.6 Å². The van der Waals surface area contributed by atoms with E-state index < -0.39 is 17.1 Å². The number of rotatable bonds is 1. The quantitative estimate of drug-likeness (QED) is 0.757.